The van der Waals surface area contributed by atoms with Gasteiger partial charge in [-0.25, -0.2) is 4.98 Å². The maximum absolute atomic E-state index is 10.8. The Morgan fingerprint density at radius 2 is 2.54 bits per heavy atom. The van der Waals surface area contributed by atoms with Crippen molar-refractivity contribution in [1.82, 2.24) is 15.2 Å². The fourth-order valence-corrected chi connectivity index (χ4v) is 1.37. The number of aromatic amines is 1. The summed E-state index contributed by atoms with van der Waals surface area (Å²) in [6.07, 6.45) is 1.39. The van der Waals surface area contributed by atoms with Crippen LogP contribution in [0, 0.1) is 0 Å². The number of carbonyl (C=O) groups is 1. The molecule has 0 fully saturated rings. The molecular weight excluding hydrogens is 190 g/mol. The lowest BCUT2D eigenvalue weighted by atomic mass is 10.1. The van der Waals surface area contributed by atoms with E-state index in [1.807, 2.05) is 0 Å². The van der Waals surface area contributed by atoms with Gasteiger partial charge in [-0.15, -0.1) is 0 Å². The van der Waals surface area contributed by atoms with Crippen LogP contribution < -0.4 is 11.5 Å². The van der Waals surface area contributed by atoms with Crippen molar-refractivity contribution in [2.45, 2.75) is 17.6 Å². The molecule has 6 nitrogen and oxygen atoms in total. The van der Waals surface area contributed by atoms with Gasteiger partial charge in [-0.3, -0.25) is 9.89 Å². The molecule has 0 aromatic carbocycles. The van der Waals surface area contributed by atoms with Crippen LogP contribution in [0.1, 0.15) is 6.92 Å². The van der Waals surface area contributed by atoms with Gasteiger partial charge in [0, 0.05) is 5.75 Å². The van der Waals surface area contributed by atoms with Gasteiger partial charge in [0.15, 0.2) is 5.16 Å². The molecule has 0 aliphatic rings. The average molecular weight is 201 g/mol. The molecule has 0 saturated heterocycles. The summed E-state index contributed by atoms with van der Waals surface area (Å²) in [7, 11) is 0. The molecule has 1 aromatic heterocycles. The Balaban J connectivity index is 2.47. The molecule has 1 unspecified atom stereocenters. The summed E-state index contributed by atoms with van der Waals surface area (Å²) >= 11 is 1.31. The second-order valence-corrected chi connectivity index (χ2v) is 3.83. The predicted octanol–water partition coefficient (Wildman–Crippen LogP) is -0.900. The molecule has 0 bridgehead atoms. The van der Waals surface area contributed by atoms with E-state index >= 15 is 0 Å². The number of aromatic nitrogens is 3. The van der Waals surface area contributed by atoms with Crippen molar-refractivity contribution in [3.8, 4) is 0 Å². The predicted molar refractivity (Wildman–Crippen MR) is 48.9 cm³/mol. The van der Waals surface area contributed by atoms with Crippen molar-refractivity contribution in [3.05, 3.63) is 6.33 Å². The number of hydrogen-bond donors (Lipinski definition) is 3. The summed E-state index contributed by atoms with van der Waals surface area (Å²) in [5.41, 5.74) is 9.69. The van der Waals surface area contributed by atoms with Gasteiger partial charge in [-0.2, -0.15) is 5.10 Å². The third kappa shape index (κ3) is 2.71. The molecule has 5 N–H and O–H groups in total. The second kappa shape index (κ2) is 3.75. The Morgan fingerprint density at radius 3 is 3.00 bits per heavy atom. The molecule has 0 aliphatic carbocycles. The van der Waals surface area contributed by atoms with Crippen molar-refractivity contribution >= 4 is 17.7 Å². The van der Waals surface area contributed by atoms with Crippen molar-refractivity contribution in [3.63, 3.8) is 0 Å². The molecular formula is C6H11N5OS. The molecule has 13 heavy (non-hydrogen) atoms. The smallest absolute Gasteiger partial charge is 0.238 e. The third-order valence-electron chi connectivity index (χ3n) is 1.46. The van der Waals surface area contributed by atoms with Crippen LogP contribution in [0.2, 0.25) is 0 Å². The first-order valence-corrected chi connectivity index (χ1v) is 4.58. The van der Waals surface area contributed by atoms with Gasteiger partial charge in [-0.1, -0.05) is 11.8 Å². The topological polar surface area (TPSA) is 111 Å². The van der Waals surface area contributed by atoms with Crippen LogP contribution in [0.15, 0.2) is 11.5 Å². The van der Waals surface area contributed by atoms with Crippen molar-refractivity contribution in [1.29, 1.82) is 0 Å². The van der Waals surface area contributed by atoms with E-state index in [2.05, 4.69) is 15.2 Å². The van der Waals surface area contributed by atoms with Gasteiger partial charge in [-0.05, 0) is 6.92 Å². The minimum atomic E-state index is -1.02. The Kier molecular flexibility index (Phi) is 2.89. The lowest BCUT2D eigenvalue weighted by Crippen LogP contribution is -2.51. The third-order valence-corrected chi connectivity index (χ3v) is 2.68. The van der Waals surface area contributed by atoms with E-state index in [9.17, 15) is 4.79 Å². The fraction of sp³-hybridized carbons (Fsp3) is 0.500. The SMILES string of the molecule is CC(N)(CSc1ncn[nH]1)C(N)=O. The molecule has 1 rings (SSSR count). The fourth-order valence-electron chi connectivity index (χ4n) is 0.553. The second-order valence-electron chi connectivity index (χ2n) is 2.86. The van der Waals surface area contributed by atoms with E-state index in [1.54, 1.807) is 6.92 Å². The quantitative estimate of drug-likeness (QED) is 0.547. The number of thioether (sulfide) groups is 1. The van der Waals surface area contributed by atoms with E-state index < -0.39 is 11.4 Å². The number of nitrogens with one attached hydrogen (secondary N) is 1. The van der Waals surface area contributed by atoms with Crippen LogP contribution in [0.3, 0.4) is 0 Å². The van der Waals surface area contributed by atoms with Crippen molar-refractivity contribution in [2.24, 2.45) is 11.5 Å². The molecule has 7 heteroatoms. The van der Waals surface area contributed by atoms with Gasteiger partial charge in [0.25, 0.3) is 0 Å². The molecule has 1 heterocycles. The minimum Gasteiger partial charge on any atom is -0.368 e. The first kappa shape index (κ1) is 10.0. The molecule has 1 atom stereocenters. The lowest BCUT2D eigenvalue weighted by Gasteiger charge is -2.18. The number of carbonyl (C=O) groups excluding carboxylic acids is 1. The van der Waals surface area contributed by atoms with Gasteiger partial charge < -0.3 is 11.5 Å². The molecule has 1 aromatic rings. The molecule has 1 amide bonds. The molecule has 0 saturated carbocycles. The zero-order valence-corrected chi connectivity index (χ0v) is 7.97. The summed E-state index contributed by atoms with van der Waals surface area (Å²) < 4.78 is 0. The van der Waals surface area contributed by atoms with Gasteiger partial charge >= 0.3 is 0 Å². The van der Waals surface area contributed by atoms with E-state index in [-0.39, 0.29) is 0 Å². The van der Waals surface area contributed by atoms with Crippen LogP contribution >= 0.6 is 11.8 Å². The molecule has 72 valence electrons. The highest BCUT2D eigenvalue weighted by atomic mass is 32.2. The summed E-state index contributed by atoms with van der Waals surface area (Å²) in [5, 5.41) is 6.92. The Morgan fingerprint density at radius 1 is 1.85 bits per heavy atom. The van der Waals surface area contributed by atoms with E-state index in [0.29, 0.717) is 10.9 Å². The number of amides is 1. The number of rotatable bonds is 4. The first-order chi connectivity index (χ1) is 6.02. The van der Waals surface area contributed by atoms with Gasteiger partial charge in [0.1, 0.15) is 11.9 Å². The maximum atomic E-state index is 10.8. The summed E-state index contributed by atoms with van der Waals surface area (Å²) in [5.74, 6) is -0.156. The normalized spacial score (nSPS) is 15.2. The molecule has 0 radical (unpaired) electrons. The van der Waals surface area contributed by atoms with Gasteiger partial charge in [0.2, 0.25) is 5.91 Å². The van der Waals surface area contributed by atoms with Crippen LogP contribution in [0.5, 0.6) is 0 Å². The van der Waals surface area contributed by atoms with Crippen LogP contribution in [0.4, 0.5) is 0 Å². The first-order valence-electron chi connectivity index (χ1n) is 3.59. The standard InChI is InChI=1S/C6H11N5OS/c1-6(8,4(7)12)2-13-5-9-3-10-11-5/h3H,2,8H2,1H3,(H2,7,12)(H,9,10,11). The number of H-pyrrole nitrogens is 1. The summed E-state index contributed by atoms with van der Waals surface area (Å²) in [6, 6.07) is 0. The Hall–Kier alpha value is -1.08. The Labute approximate surface area is 79.5 Å². The highest BCUT2D eigenvalue weighted by molar-refractivity contribution is 7.99. The number of primary amides is 1. The zero-order valence-electron chi connectivity index (χ0n) is 7.15. The molecule has 0 spiro atoms. The van der Waals surface area contributed by atoms with Crippen LogP contribution in [0.25, 0.3) is 0 Å². The van der Waals surface area contributed by atoms with E-state index in [0.717, 1.165) is 0 Å². The van der Waals surface area contributed by atoms with Gasteiger partial charge in [0.05, 0.1) is 0 Å². The number of nitrogens with two attached hydrogens (primary N) is 2. The Bertz CT molecular complexity index is 283. The summed E-state index contributed by atoms with van der Waals surface area (Å²) in [6.45, 7) is 1.58. The minimum absolute atomic E-state index is 0.373. The molecule has 0 aliphatic heterocycles. The van der Waals surface area contributed by atoms with E-state index in [1.165, 1.54) is 18.1 Å². The van der Waals surface area contributed by atoms with Crippen LogP contribution in [-0.4, -0.2) is 32.4 Å². The zero-order chi connectivity index (χ0) is 9.90. The highest BCUT2D eigenvalue weighted by Crippen LogP contribution is 2.16. The summed E-state index contributed by atoms with van der Waals surface area (Å²) in [4.78, 5) is 14.7. The van der Waals surface area contributed by atoms with Crippen LogP contribution in [-0.2, 0) is 4.79 Å². The highest BCUT2D eigenvalue weighted by Gasteiger charge is 2.25. The monoisotopic (exact) mass is 201 g/mol. The van der Waals surface area contributed by atoms with E-state index in [4.69, 9.17) is 11.5 Å². The number of hydrogen-bond acceptors (Lipinski definition) is 5. The van der Waals surface area contributed by atoms with Crippen molar-refractivity contribution < 1.29 is 4.79 Å². The maximum Gasteiger partial charge on any atom is 0.238 e. The average Bonchev–Trinajstić information content (AvgIpc) is 2.52. The lowest BCUT2D eigenvalue weighted by molar-refractivity contribution is -0.121. The number of nitrogens with zero attached hydrogens (tertiary/aromatic N) is 2. The largest absolute Gasteiger partial charge is 0.368 e. The van der Waals surface area contributed by atoms with Crippen molar-refractivity contribution in [2.75, 3.05) is 5.75 Å².